The summed E-state index contributed by atoms with van der Waals surface area (Å²) in [7, 11) is 1.63. The van der Waals surface area contributed by atoms with E-state index in [0.717, 1.165) is 6.42 Å². The van der Waals surface area contributed by atoms with Gasteiger partial charge in [-0.2, -0.15) is 8.78 Å². The predicted octanol–water partition coefficient (Wildman–Crippen LogP) is 2.40. The van der Waals surface area contributed by atoms with Gasteiger partial charge >= 0.3 is 6.61 Å². The van der Waals surface area contributed by atoms with Crippen LogP contribution in [0.4, 0.5) is 8.78 Å². The molecule has 0 spiro atoms. The summed E-state index contributed by atoms with van der Waals surface area (Å²) in [5, 5.41) is 6.29. The van der Waals surface area contributed by atoms with Crippen LogP contribution in [0.25, 0.3) is 0 Å². The topological polar surface area (TPSA) is 64.1 Å². The third-order valence-corrected chi connectivity index (χ3v) is 3.13. The lowest BCUT2D eigenvalue weighted by Crippen LogP contribution is -2.38. The number of rotatable bonds is 12. The van der Waals surface area contributed by atoms with Crippen LogP contribution in [0.15, 0.2) is 29.3 Å². The first-order valence-corrected chi connectivity index (χ1v) is 8.29. The molecule has 0 saturated heterocycles. The highest BCUT2D eigenvalue weighted by molar-refractivity contribution is 5.79. The van der Waals surface area contributed by atoms with Gasteiger partial charge in [-0.15, -0.1) is 0 Å². The van der Waals surface area contributed by atoms with Crippen LogP contribution in [-0.2, 0) is 16.0 Å². The minimum Gasteiger partial charge on any atom is -0.434 e. The average Bonchev–Trinajstić information content (AvgIpc) is 2.59. The molecule has 25 heavy (non-hydrogen) atoms. The first kappa shape index (κ1) is 21.1. The van der Waals surface area contributed by atoms with Gasteiger partial charge in [0.1, 0.15) is 5.75 Å². The Labute approximate surface area is 147 Å². The van der Waals surface area contributed by atoms with E-state index in [0.29, 0.717) is 44.4 Å². The van der Waals surface area contributed by atoms with E-state index in [9.17, 15) is 8.78 Å². The zero-order chi connectivity index (χ0) is 18.3. The molecule has 0 heterocycles. The second-order valence-corrected chi connectivity index (χ2v) is 5.07. The largest absolute Gasteiger partial charge is 0.434 e. The molecule has 0 aliphatic heterocycles. The van der Waals surface area contributed by atoms with Crippen LogP contribution in [0, 0.1) is 0 Å². The van der Waals surface area contributed by atoms with E-state index in [-0.39, 0.29) is 12.3 Å². The lowest BCUT2D eigenvalue weighted by molar-refractivity contribution is -0.0504. The summed E-state index contributed by atoms with van der Waals surface area (Å²) in [6.07, 6.45) is 0.819. The van der Waals surface area contributed by atoms with Crippen molar-refractivity contribution < 1.29 is 23.0 Å². The summed E-state index contributed by atoms with van der Waals surface area (Å²) in [5.74, 6) is 0.759. The number of guanidine groups is 1. The van der Waals surface area contributed by atoms with Gasteiger partial charge in [0, 0.05) is 32.4 Å². The van der Waals surface area contributed by atoms with Gasteiger partial charge in [-0.05, 0) is 19.4 Å². The molecule has 6 nitrogen and oxygen atoms in total. The van der Waals surface area contributed by atoms with Gasteiger partial charge in [-0.1, -0.05) is 18.2 Å². The molecule has 0 saturated carbocycles. The molecular weight excluding hydrogens is 332 g/mol. The second-order valence-electron chi connectivity index (χ2n) is 5.07. The number of benzene rings is 1. The van der Waals surface area contributed by atoms with Crippen molar-refractivity contribution in [1.29, 1.82) is 0 Å². The third-order valence-electron chi connectivity index (χ3n) is 3.13. The minimum atomic E-state index is -2.85. The van der Waals surface area contributed by atoms with E-state index in [1.165, 1.54) is 6.07 Å². The van der Waals surface area contributed by atoms with Crippen molar-refractivity contribution in [1.82, 2.24) is 10.6 Å². The molecule has 1 rings (SSSR count). The number of aliphatic imine (C=N–C) groups is 1. The predicted molar refractivity (Wildman–Crippen MR) is 93.2 cm³/mol. The van der Waals surface area contributed by atoms with Crippen molar-refractivity contribution in [3.05, 3.63) is 29.8 Å². The molecule has 0 amide bonds. The molecule has 0 aliphatic carbocycles. The molecule has 0 fully saturated rings. The highest BCUT2D eigenvalue weighted by Gasteiger charge is 2.08. The van der Waals surface area contributed by atoms with Crippen LogP contribution in [0.3, 0.4) is 0 Å². The van der Waals surface area contributed by atoms with Crippen molar-refractivity contribution in [3.63, 3.8) is 0 Å². The molecule has 0 bridgehead atoms. The quantitative estimate of drug-likeness (QED) is 0.341. The van der Waals surface area contributed by atoms with Crippen molar-refractivity contribution in [2.24, 2.45) is 4.99 Å². The van der Waals surface area contributed by atoms with Crippen LogP contribution in [0.2, 0.25) is 0 Å². The number of ether oxygens (including phenoxy) is 3. The monoisotopic (exact) mass is 359 g/mol. The number of methoxy groups -OCH3 is 1. The van der Waals surface area contributed by atoms with Gasteiger partial charge in [-0.25, -0.2) is 4.99 Å². The zero-order valence-electron chi connectivity index (χ0n) is 14.8. The molecule has 142 valence electrons. The van der Waals surface area contributed by atoms with Crippen molar-refractivity contribution >= 4 is 5.96 Å². The number of alkyl halides is 2. The number of nitrogens with zero attached hydrogens (tertiary/aromatic N) is 1. The average molecular weight is 359 g/mol. The molecule has 0 aromatic heterocycles. The van der Waals surface area contributed by atoms with Crippen LogP contribution < -0.4 is 15.4 Å². The number of hydrogen-bond acceptors (Lipinski definition) is 4. The van der Waals surface area contributed by atoms with Crippen LogP contribution in [-0.4, -0.2) is 52.6 Å². The van der Waals surface area contributed by atoms with Crippen LogP contribution >= 0.6 is 0 Å². The van der Waals surface area contributed by atoms with E-state index in [1.54, 1.807) is 25.3 Å². The molecule has 0 radical (unpaired) electrons. The van der Waals surface area contributed by atoms with Gasteiger partial charge in [-0.3, -0.25) is 0 Å². The Morgan fingerprint density at radius 1 is 1.16 bits per heavy atom. The van der Waals surface area contributed by atoms with E-state index in [2.05, 4.69) is 20.4 Å². The number of hydrogen-bond donors (Lipinski definition) is 2. The van der Waals surface area contributed by atoms with E-state index in [4.69, 9.17) is 9.47 Å². The summed E-state index contributed by atoms with van der Waals surface area (Å²) in [6.45, 7) is 2.51. The Balaban J connectivity index is 2.47. The summed E-state index contributed by atoms with van der Waals surface area (Å²) in [4.78, 5) is 4.41. The van der Waals surface area contributed by atoms with E-state index >= 15 is 0 Å². The fraction of sp³-hybridized carbons (Fsp3) is 0.588. The number of nitrogens with one attached hydrogen (secondary N) is 2. The van der Waals surface area contributed by atoms with Crippen molar-refractivity contribution in [2.75, 3.05) is 40.0 Å². The zero-order valence-corrected chi connectivity index (χ0v) is 14.8. The molecule has 0 aliphatic rings. The smallest absolute Gasteiger partial charge is 0.387 e. The van der Waals surface area contributed by atoms with Gasteiger partial charge < -0.3 is 24.8 Å². The number of halogens is 2. The summed E-state index contributed by atoms with van der Waals surface area (Å²) in [6, 6.07) is 6.64. The van der Waals surface area contributed by atoms with Gasteiger partial charge in [0.05, 0.1) is 19.8 Å². The van der Waals surface area contributed by atoms with E-state index < -0.39 is 6.61 Å². The third kappa shape index (κ3) is 9.83. The fourth-order valence-corrected chi connectivity index (χ4v) is 1.98. The van der Waals surface area contributed by atoms with Gasteiger partial charge in [0.15, 0.2) is 5.96 Å². The lowest BCUT2D eigenvalue weighted by Gasteiger charge is -2.13. The summed E-state index contributed by atoms with van der Waals surface area (Å²) < 4.78 is 39.7. The number of para-hydroxylation sites is 1. The molecule has 2 N–H and O–H groups in total. The Morgan fingerprint density at radius 3 is 2.68 bits per heavy atom. The van der Waals surface area contributed by atoms with Gasteiger partial charge in [0.25, 0.3) is 0 Å². The van der Waals surface area contributed by atoms with Crippen LogP contribution in [0.5, 0.6) is 5.75 Å². The summed E-state index contributed by atoms with van der Waals surface area (Å²) >= 11 is 0. The van der Waals surface area contributed by atoms with E-state index in [1.807, 2.05) is 6.92 Å². The lowest BCUT2D eigenvalue weighted by atomic mass is 10.2. The van der Waals surface area contributed by atoms with Crippen molar-refractivity contribution in [2.45, 2.75) is 26.5 Å². The SMILES string of the molecule is CCNC(=NCc1ccccc1OC(F)F)NCCCOCCOC. The van der Waals surface area contributed by atoms with Crippen LogP contribution in [0.1, 0.15) is 18.9 Å². The Kier molecular flexibility index (Phi) is 11.3. The Bertz CT molecular complexity index is 502. The molecular formula is C17H27F2N3O3. The maximum absolute atomic E-state index is 12.4. The molecule has 1 aromatic rings. The normalized spacial score (nSPS) is 11.6. The summed E-state index contributed by atoms with van der Waals surface area (Å²) in [5.41, 5.74) is 0.600. The standard InChI is InChI=1S/C17H27F2N3O3/c1-3-20-17(21-9-6-10-24-12-11-23-2)22-13-14-7-4-5-8-15(14)25-16(18)19/h4-5,7-8,16H,3,6,9-13H2,1-2H3,(H2,20,21,22). The first-order chi connectivity index (χ1) is 12.2. The maximum Gasteiger partial charge on any atom is 0.387 e. The maximum atomic E-state index is 12.4. The first-order valence-electron chi connectivity index (χ1n) is 8.29. The Morgan fingerprint density at radius 2 is 1.96 bits per heavy atom. The second kappa shape index (κ2) is 13.4. The highest BCUT2D eigenvalue weighted by atomic mass is 19.3. The Hall–Kier alpha value is -1.93. The van der Waals surface area contributed by atoms with Gasteiger partial charge in [0.2, 0.25) is 0 Å². The molecule has 0 unspecified atom stereocenters. The van der Waals surface area contributed by atoms with Crippen molar-refractivity contribution in [3.8, 4) is 5.75 Å². The highest BCUT2D eigenvalue weighted by Crippen LogP contribution is 2.20. The minimum absolute atomic E-state index is 0.142. The molecule has 0 atom stereocenters. The molecule has 1 aromatic carbocycles. The molecule has 8 heteroatoms. The fourth-order valence-electron chi connectivity index (χ4n) is 1.98.